The van der Waals surface area contributed by atoms with Gasteiger partial charge < -0.3 is 13.9 Å². The van der Waals surface area contributed by atoms with Gasteiger partial charge in [-0.1, -0.05) is 6.92 Å². The normalized spacial score (nSPS) is 12.1. The molecule has 0 aliphatic rings. The van der Waals surface area contributed by atoms with Crippen molar-refractivity contribution in [3.05, 3.63) is 40.2 Å². The van der Waals surface area contributed by atoms with Gasteiger partial charge >= 0.3 is 11.6 Å². The Bertz CT molecular complexity index is 701. The third-order valence-electron chi connectivity index (χ3n) is 3.19. The summed E-state index contributed by atoms with van der Waals surface area (Å²) < 4.78 is 15.6. The Kier molecular flexibility index (Phi) is 4.62. The molecule has 5 heteroatoms. The summed E-state index contributed by atoms with van der Waals surface area (Å²) in [5.74, 6) is 0.0347. The second-order valence-corrected chi connectivity index (χ2v) is 4.90. The van der Waals surface area contributed by atoms with Gasteiger partial charge in [0.15, 0.2) is 6.61 Å². The van der Waals surface area contributed by atoms with Crippen molar-refractivity contribution < 1.29 is 18.7 Å². The Morgan fingerprint density at radius 2 is 2.10 bits per heavy atom. The van der Waals surface area contributed by atoms with Gasteiger partial charge in [-0.25, -0.2) is 9.59 Å². The van der Waals surface area contributed by atoms with Crippen molar-refractivity contribution in [1.29, 1.82) is 0 Å². The molecule has 1 heterocycles. The Balaban J connectivity index is 2.10. The van der Waals surface area contributed by atoms with Crippen LogP contribution in [0.1, 0.15) is 25.8 Å². The van der Waals surface area contributed by atoms with E-state index in [1.54, 1.807) is 18.2 Å². The molecule has 1 aromatic carbocycles. The van der Waals surface area contributed by atoms with Crippen LogP contribution in [0.2, 0.25) is 0 Å². The lowest BCUT2D eigenvalue weighted by Gasteiger charge is -2.11. The van der Waals surface area contributed by atoms with E-state index in [4.69, 9.17) is 13.9 Å². The van der Waals surface area contributed by atoms with Gasteiger partial charge in [-0.15, -0.1) is 0 Å². The molecular weight excluding hydrogens is 272 g/mol. The fraction of sp³-hybridized carbons (Fsp3) is 0.375. The third kappa shape index (κ3) is 3.84. The number of carbonyl (C=O) groups is 1. The van der Waals surface area contributed by atoms with Crippen molar-refractivity contribution in [1.82, 2.24) is 0 Å². The van der Waals surface area contributed by atoms with E-state index in [-0.39, 0.29) is 12.7 Å². The second-order valence-electron chi connectivity index (χ2n) is 4.90. The van der Waals surface area contributed by atoms with Crippen LogP contribution < -0.4 is 10.4 Å². The number of hydrogen-bond acceptors (Lipinski definition) is 5. The summed E-state index contributed by atoms with van der Waals surface area (Å²) in [5, 5.41) is 0.837. The van der Waals surface area contributed by atoms with E-state index in [1.165, 1.54) is 6.07 Å². The lowest BCUT2D eigenvalue weighted by molar-refractivity contribution is -0.150. The third-order valence-corrected chi connectivity index (χ3v) is 3.19. The topological polar surface area (TPSA) is 65.7 Å². The van der Waals surface area contributed by atoms with Crippen LogP contribution in [0.25, 0.3) is 11.0 Å². The Morgan fingerprint density at radius 3 is 2.81 bits per heavy atom. The van der Waals surface area contributed by atoms with Gasteiger partial charge in [-0.05, 0) is 38.0 Å². The first-order valence-electron chi connectivity index (χ1n) is 6.86. The fourth-order valence-corrected chi connectivity index (χ4v) is 1.88. The zero-order chi connectivity index (χ0) is 15.4. The maximum absolute atomic E-state index is 11.5. The number of benzene rings is 1. The molecule has 0 radical (unpaired) electrons. The highest BCUT2D eigenvalue weighted by molar-refractivity contribution is 5.81. The molecule has 1 atom stereocenters. The summed E-state index contributed by atoms with van der Waals surface area (Å²) >= 11 is 0. The molecule has 0 unspecified atom stereocenters. The van der Waals surface area contributed by atoms with E-state index < -0.39 is 11.6 Å². The number of ether oxygens (including phenoxy) is 2. The van der Waals surface area contributed by atoms with Crippen LogP contribution in [0.3, 0.4) is 0 Å². The Labute approximate surface area is 122 Å². The second kappa shape index (κ2) is 6.43. The molecule has 0 saturated carbocycles. The van der Waals surface area contributed by atoms with Crippen LogP contribution in [0, 0.1) is 6.92 Å². The van der Waals surface area contributed by atoms with Crippen LogP contribution >= 0.6 is 0 Å². The highest BCUT2D eigenvalue weighted by atomic mass is 16.6. The molecule has 0 spiro atoms. The van der Waals surface area contributed by atoms with Crippen molar-refractivity contribution in [2.45, 2.75) is 33.3 Å². The minimum Gasteiger partial charge on any atom is -0.482 e. The molecule has 0 aliphatic carbocycles. The van der Waals surface area contributed by atoms with Crippen LogP contribution in [0.4, 0.5) is 0 Å². The van der Waals surface area contributed by atoms with Crippen LogP contribution in [0.5, 0.6) is 5.75 Å². The number of hydrogen-bond donors (Lipinski definition) is 0. The van der Waals surface area contributed by atoms with Crippen molar-refractivity contribution in [3.8, 4) is 5.75 Å². The van der Waals surface area contributed by atoms with Gasteiger partial charge in [0.2, 0.25) is 0 Å². The molecule has 21 heavy (non-hydrogen) atoms. The average molecular weight is 290 g/mol. The lowest BCUT2D eigenvalue weighted by Crippen LogP contribution is -2.20. The standard InChI is InChI=1S/C16H18O5/c1-4-11(3)20-16(18)9-19-12-5-6-13-10(2)7-15(17)21-14(13)8-12/h5-8,11H,4,9H2,1-3H3/t11-/m0/s1. The molecule has 112 valence electrons. The smallest absolute Gasteiger partial charge is 0.344 e. The number of esters is 1. The van der Waals surface area contributed by atoms with Gasteiger partial charge in [-0.3, -0.25) is 0 Å². The summed E-state index contributed by atoms with van der Waals surface area (Å²) in [4.78, 5) is 22.9. The first kappa shape index (κ1) is 15.1. The number of carbonyl (C=O) groups excluding carboxylic acids is 1. The van der Waals surface area contributed by atoms with E-state index in [0.717, 1.165) is 17.4 Å². The predicted octanol–water partition coefficient (Wildman–Crippen LogP) is 2.82. The lowest BCUT2D eigenvalue weighted by atomic mass is 10.1. The maximum atomic E-state index is 11.5. The molecule has 0 saturated heterocycles. The SMILES string of the molecule is CC[C@H](C)OC(=O)COc1ccc2c(C)cc(=O)oc2c1. The maximum Gasteiger partial charge on any atom is 0.344 e. The number of rotatable bonds is 5. The van der Waals surface area contributed by atoms with Crippen molar-refractivity contribution >= 4 is 16.9 Å². The summed E-state index contributed by atoms with van der Waals surface area (Å²) in [6.07, 6.45) is 0.630. The first-order valence-corrected chi connectivity index (χ1v) is 6.86. The zero-order valence-electron chi connectivity index (χ0n) is 12.3. The minimum atomic E-state index is -0.421. The summed E-state index contributed by atoms with van der Waals surface area (Å²) in [7, 11) is 0. The molecule has 2 aromatic rings. The molecule has 0 amide bonds. The van der Waals surface area contributed by atoms with Crippen molar-refractivity contribution in [2.75, 3.05) is 6.61 Å². The van der Waals surface area contributed by atoms with Crippen LogP contribution in [-0.2, 0) is 9.53 Å². The van der Waals surface area contributed by atoms with E-state index >= 15 is 0 Å². The van der Waals surface area contributed by atoms with E-state index in [2.05, 4.69) is 0 Å². The zero-order valence-corrected chi connectivity index (χ0v) is 12.3. The Morgan fingerprint density at radius 1 is 1.33 bits per heavy atom. The first-order chi connectivity index (χ1) is 9.99. The highest BCUT2D eigenvalue weighted by Crippen LogP contribution is 2.22. The molecule has 0 aliphatic heterocycles. The number of fused-ring (bicyclic) bond motifs is 1. The van der Waals surface area contributed by atoms with Crippen LogP contribution in [0.15, 0.2) is 33.5 Å². The monoisotopic (exact) mass is 290 g/mol. The summed E-state index contributed by atoms with van der Waals surface area (Å²) in [5.41, 5.74) is 0.866. The fourth-order valence-electron chi connectivity index (χ4n) is 1.88. The van der Waals surface area contributed by atoms with Crippen LogP contribution in [-0.4, -0.2) is 18.7 Å². The summed E-state index contributed by atoms with van der Waals surface area (Å²) in [6.45, 7) is 5.42. The number of aryl methyl sites for hydroxylation is 1. The van der Waals surface area contributed by atoms with E-state index in [9.17, 15) is 9.59 Å². The largest absolute Gasteiger partial charge is 0.482 e. The summed E-state index contributed by atoms with van der Waals surface area (Å²) in [6, 6.07) is 6.56. The molecule has 5 nitrogen and oxygen atoms in total. The molecule has 1 aromatic heterocycles. The Hall–Kier alpha value is -2.30. The van der Waals surface area contributed by atoms with Gasteiger partial charge in [0.1, 0.15) is 11.3 Å². The molecule has 0 bridgehead atoms. The van der Waals surface area contributed by atoms with Gasteiger partial charge in [0.05, 0.1) is 6.10 Å². The van der Waals surface area contributed by atoms with Gasteiger partial charge in [0, 0.05) is 17.5 Å². The average Bonchev–Trinajstić information content (AvgIpc) is 2.44. The quantitative estimate of drug-likeness (QED) is 0.625. The molecule has 2 rings (SSSR count). The van der Waals surface area contributed by atoms with E-state index in [0.29, 0.717) is 11.3 Å². The molecule has 0 fully saturated rings. The van der Waals surface area contributed by atoms with Gasteiger partial charge in [-0.2, -0.15) is 0 Å². The van der Waals surface area contributed by atoms with Gasteiger partial charge in [0.25, 0.3) is 0 Å². The van der Waals surface area contributed by atoms with E-state index in [1.807, 2.05) is 20.8 Å². The van der Waals surface area contributed by atoms with Crippen molar-refractivity contribution in [2.24, 2.45) is 0 Å². The van der Waals surface area contributed by atoms with Crippen molar-refractivity contribution in [3.63, 3.8) is 0 Å². The minimum absolute atomic E-state index is 0.127. The predicted molar refractivity (Wildman–Crippen MR) is 78.6 cm³/mol. The highest BCUT2D eigenvalue weighted by Gasteiger charge is 2.09. The molecular formula is C16H18O5. The molecule has 0 N–H and O–H groups in total.